The highest BCUT2D eigenvalue weighted by Gasteiger charge is 2.21. The predicted octanol–water partition coefficient (Wildman–Crippen LogP) is 8.59. The lowest BCUT2D eigenvalue weighted by Gasteiger charge is -2.18. The third-order valence-corrected chi connectivity index (χ3v) is 6.88. The maximum atomic E-state index is 13.2. The number of rotatable bonds is 2. The van der Waals surface area contributed by atoms with Crippen LogP contribution in [0.15, 0.2) is 131 Å². The highest BCUT2D eigenvalue weighted by molar-refractivity contribution is 6.26. The van der Waals surface area contributed by atoms with E-state index in [1.165, 1.54) is 10.8 Å². The van der Waals surface area contributed by atoms with Crippen molar-refractivity contribution in [2.75, 3.05) is 0 Å². The van der Waals surface area contributed by atoms with Crippen molar-refractivity contribution in [1.29, 1.82) is 0 Å². The van der Waals surface area contributed by atoms with Crippen LogP contribution >= 0.6 is 0 Å². The Morgan fingerprint density at radius 2 is 1.06 bits per heavy atom. The highest BCUT2D eigenvalue weighted by atomic mass is 16.4. The summed E-state index contributed by atoms with van der Waals surface area (Å²) in [6, 6.07) is 41.3. The van der Waals surface area contributed by atoms with Gasteiger partial charge in [0.05, 0.1) is 5.39 Å². The molecule has 0 N–H and O–H groups in total. The van der Waals surface area contributed by atoms with Crippen LogP contribution in [0.25, 0.3) is 65.5 Å². The zero-order valence-electron chi connectivity index (χ0n) is 18.9. The lowest BCUT2D eigenvalue weighted by molar-refractivity contribution is 0.571. The molecule has 164 valence electrons. The van der Waals surface area contributed by atoms with Gasteiger partial charge in [0.2, 0.25) is 0 Å². The lowest BCUT2D eigenvalue weighted by atomic mass is 9.86. The minimum atomic E-state index is -0.315. The first kappa shape index (κ1) is 19.7. The second kappa shape index (κ2) is 7.68. The van der Waals surface area contributed by atoms with Gasteiger partial charge in [-0.05, 0) is 44.8 Å². The van der Waals surface area contributed by atoms with E-state index in [4.69, 9.17) is 4.42 Å². The van der Waals surface area contributed by atoms with Crippen molar-refractivity contribution in [3.63, 3.8) is 0 Å². The van der Waals surface area contributed by atoms with E-state index < -0.39 is 0 Å². The second-order valence-corrected chi connectivity index (χ2v) is 8.86. The Morgan fingerprint density at radius 3 is 1.83 bits per heavy atom. The van der Waals surface area contributed by atoms with Gasteiger partial charge < -0.3 is 4.42 Å². The Kier molecular flexibility index (Phi) is 4.33. The molecule has 6 aromatic carbocycles. The van der Waals surface area contributed by atoms with E-state index >= 15 is 0 Å². The topological polar surface area (TPSA) is 30.2 Å². The van der Waals surface area contributed by atoms with Crippen LogP contribution in [0.4, 0.5) is 0 Å². The minimum Gasteiger partial charge on any atom is -0.422 e. The summed E-state index contributed by atoms with van der Waals surface area (Å²) in [6.07, 6.45) is 0. The lowest BCUT2D eigenvalue weighted by Crippen LogP contribution is -2.02. The molecule has 0 aliphatic rings. The van der Waals surface area contributed by atoms with E-state index in [0.29, 0.717) is 11.0 Å². The van der Waals surface area contributed by atoms with E-state index in [1.807, 2.05) is 48.5 Å². The molecule has 0 bridgehead atoms. The Labute approximate surface area is 201 Å². The maximum absolute atomic E-state index is 13.2. The fourth-order valence-electron chi connectivity index (χ4n) is 5.34. The molecular weight excluding hydrogens is 428 g/mol. The molecule has 0 aliphatic carbocycles. The van der Waals surface area contributed by atoms with Gasteiger partial charge in [0.25, 0.3) is 0 Å². The van der Waals surface area contributed by atoms with Crippen LogP contribution in [0.1, 0.15) is 0 Å². The van der Waals surface area contributed by atoms with E-state index in [0.717, 1.165) is 43.8 Å². The van der Waals surface area contributed by atoms with E-state index in [2.05, 4.69) is 72.8 Å². The molecule has 0 aliphatic heterocycles. The van der Waals surface area contributed by atoms with Crippen LogP contribution in [0, 0.1) is 0 Å². The SMILES string of the molecule is O=c1oc2c(-c3ccccc3)c3ccccc3c(-c3ccc4ccccc4c3)c2c2ccccc12. The van der Waals surface area contributed by atoms with Crippen LogP contribution in [-0.2, 0) is 0 Å². The van der Waals surface area contributed by atoms with Crippen LogP contribution in [0.5, 0.6) is 0 Å². The highest BCUT2D eigenvalue weighted by Crippen LogP contribution is 2.45. The van der Waals surface area contributed by atoms with Crippen molar-refractivity contribution in [3.8, 4) is 22.3 Å². The molecular formula is C33H20O2. The third kappa shape index (κ3) is 3.00. The molecule has 35 heavy (non-hydrogen) atoms. The van der Waals surface area contributed by atoms with Gasteiger partial charge in [0, 0.05) is 21.9 Å². The van der Waals surface area contributed by atoms with E-state index in [9.17, 15) is 4.79 Å². The first-order chi connectivity index (χ1) is 17.3. The predicted molar refractivity (Wildman–Crippen MR) is 146 cm³/mol. The summed E-state index contributed by atoms with van der Waals surface area (Å²) in [7, 11) is 0. The van der Waals surface area contributed by atoms with Crippen LogP contribution in [0.2, 0.25) is 0 Å². The molecule has 0 unspecified atom stereocenters. The van der Waals surface area contributed by atoms with Crippen molar-refractivity contribution in [2.24, 2.45) is 0 Å². The summed E-state index contributed by atoms with van der Waals surface area (Å²) >= 11 is 0. The largest absolute Gasteiger partial charge is 0.422 e. The monoisotopic (exact) mass is 448 g/mol. The zero-order valence-corrected chi connectivity index (χ0v) is 18.9. The molecule has 7 aromatic rings. The van der Waals surface area contributed by atoms with Crippen LogP contribution in [0.3, 0.4) is 0 Å². The van der Waals surface area contributed by atoms with Crippen molar-refractivity contribution in [3.05, 3.63) is 132 Å². The summed E-state index contributed by atoms with van der Waals surface area (Å²) in [5, 5.41) is 7.04. The summed E-state index contributed by atoms with van der Waals surface area (Å²) in [5.41, 5.74) is 4.47. The maximum Gasteiger partial charge on any atom is 0.344 e. The van der Waals surface area contributed by atoms with Crippen molar-refractivity contribution in [2.45, 2.75) is 0 Å². The molecule has 0 fully saturated rings. The number of fused-ring (bicyclic) bond motifs is 5. The molecule has 0 saturated heterocycles. The van der Waals surface area contributed by atoms with Gasteiger partial charge >= 0.3 is 5.63 Å². The number of benzene rings is 6. The summed E-state index contributed by atoms with van der Waals surface area (Å²) in [5.74, 6) is 0. The Bertz CT molecular complexity index is 1960. The standard InChI is InChI=1S/C33H20O2/c34-33-28-17-9-8-16-27(28)31-29(24-19-18-21-10-4-5-13-23(21)20-24)25-14-6-7-15-26(25)30(32(31)35-33)22-11-2-1-3-12-22/h1-20H. The average Bonchev–Trinajstić information content (AvgIpc) is 2.92. The average molecular weight is 449 g/mol. The van der Waals surface area contributed by atoms with Gasteiger partial charge in [-0.1, -0.05) is 109 Å². The van der Waals surface area contributed by atoms with Crippen LogP contribution in [-0.4, -0.2) is 0 Å². The molecule has 0 atom stereocenters. The quantitative estimate of drug-likeness (QED) is 0.151. The molecule has 0 radical (unpaired) electrons. The molecule has 7 rings (SSSR count). The Balaban J connectivity index is 1.77. The first-order valence-corrected chi connectivity index (χ1v) is 11.7. The van der Waals surface area contributed by atoms with Gasteiger partial charge in [0.15, 0.2) is 0 Å². The second-order valence-electron chi connectivity index (χ2n) is 8.86. The van der Waals surface area contributed by atoms with Crippen LogP contribution < -0.4 is 5.63 Å². The summed E-state index contributed by atoms with van der Waals surface area (Å²) < 4.78 is 6.16. The van der Waals surface area contributed by atoms with Crippen molar-refractivity contribution in [1.82, 2.24) is 0 Å². The number of hydrogen-bond donors (Lipinski definition) is 0. The molecule has 0 spiro atoms. The molecule has 2 heteroatoms. The van der Waals surface area contributed by atoms with Gasteiger partial charge in [0.1, 0.15) is 5.58 Å². The zero-order chi connectivity index (χ0) is 23.4. The normalized spacial score (nSPS) is 11.5. The summed E-state index contributed by atoms with van der Waals surface area (Å²) in [4.78, 5) is 13.2. The van der Waals surface area contributed by atoms with Gasteiger partial charge in [-0.2, -0.15) is 0 Å². The van der Waals surface area contributed by atoms with Gasteiger partial charge in [-0.25, -0.2) is 4.79 Å². The fourth-order valence-corrected chi connectivity index (χ4v) is 5.34. The molecule has 2 nitrogen and oxygen atoms in total. The molecule has 1 heterocycles. The fraction of sp³-hybridized carbons (Fsp3) is 0. The number of hydrogen-bond acceptors (Lipinski definition) is 2. The smallest absolute Gasteiger partial charge is 0.344 e. The molecule has 1 aromatic heterocycles. The molecule has 0 amide bonds. The van der Waals surface area contributed by atoms with E-state index in [-0.39, 0.29) is 5.63 Å². The first-order valence-electron chi connectivity index (χ1n) is 11.7. The molecule has 0 saturated carbocycles. The van der Waals surface area contributed by atoms with E-state index in [1.54, 1.807) is 0 Å². The van der Waals surface area contributed by atoms with Gasteiger partial charge in [-0.3, -0.25) is 0 Å². The Morgan fingerprint density at radius 1 is 0.457 bits per heavy atom. The third-order valence-electron chi connectivity index (χ3n) is 6.88. The van der Waals surface area contributed by atoms with Crippen molar-refractivity contribution >= 4 is 43.3 Å². The Hall–Kier alpha value is -4.69. The summed E-state index contributed by atoms with van der Waals surface area (Å²) in [6.45, 7) is 0. The minimum absolute atomic E-state index is 0.315. The van der Waals surface area contributed by atoms with Crippen molar-refractivity contribution < 1.29 is 4.42 Å². The van der Waals surface area contributed by atoms with Gasteiger partial charge in [-0.15, -0.1) is 0 Å².